The van der Waals surface area contributed by atoms with Crippen LogP contribution in [0.2, 0.25) is 0 Å². The molecule has 1 unspecified atom stereocenters. The number of hydrogen-bond acceptors (Lipinski definition) is 3. The molecule has 0 aliphatic heterocycles. The predicted octanol–water partition coefficient (Wildman–Crippen LogP) is -1.17. The normalized spacial score (nSPS) is 12.8. The van der Waals surface area contributed by atoms with Crippen molar-refractivity contribution >= 4 is 11.1 Å². The minimum Gasteiger partial charge on any atom is -0.768 e. The van der Waals surface area contributed by atoms with E-state index in [1.165, 1.54) is 12.1 Å². The molecule has 0 heterocycles. The first kappa shape index (κ1) is 14.9. The molecule has 0 fully saturated rings. The van der Waals surface area contributed by atoms with Crippen molar-refractivity contribution in [3.63, 3.8) is 0 Å². The molecule has 0 saturated heterocycles. The molecule has 0 saturated carbocycles. The molecule has 0 aliphatic rings. The fourth-order valence-corrected chi connectivity index (χ4v) is 1.26. The molecule has 1 aromatic carbocycles. The van der Waals surface area contributed by atoms with Gasteiger partial charge < -0.3 is 9.29 Å². The van der Waals surface area contributed by atoms with E-state index in [0.717, 1.165) is 12.1 Å². The van der Waals surface area contributed by atoms with Gasteiger partial charge in [-0.1, -0.05) is 12.1 Å². The number of benzene rings is 1. The van der Waals surface area contributed by atoms with Gasteiger partial charge in [0.25, 0.3) is 0 Å². The zero-order valence-electron chi connectivity index (χ0n) is 7.58. The Morgan fingerprint density at radius 3 is 2.27 bits per heavy atom. The average molecular weight is 248 g/mol. The second-order valence-electron chi connectivity index (χ2n) is 2.23. The topological polar surface area (TPSA) is 49.4 Å². The molecule has 3 nitrogen and oxygen atoms in total. The monoisotopic (exact) mass is 248 g/mol. The molecule has 0 amide bonds. The standard InChI is InChI=1S/C7H5F3O3S.Na/c8-7(9,10)13-5-3-1-2-4-6(5)14(11)12;/h1-4H,(H,11,12);/q;+1/p-1. The Kier molecular flexibility index (Phi) is 5.82. The average Bonchev–Trinajstić information content (AvgIpc) is 2.01. The summed E-state index contributed by atoms with van der Waals surface area (Å²) in [5.74, 6) is -0.728. The number of hydrogen-bond donors (Lipinski definition) is 0. The maximum Gasteiger partial charge on any atom is 1.00 e. The zero-order valence-corrected chi connectivity index (χ0v) is 10.4. The van der Waals surface area contributed by atoms with Crippen LogP contribution < -0.4 is 34.3 Å². The molecule has 1 atom stereocenters. The Labute approximate surface area is 108 Å². The molecule has 78 valence electrons. The van der Waals surface area contributed by atoms with Crippen molar-refractivity contribution in [1.82, 2.24) is 0 Å². The van der Waals surface area contributed by atoms with E-state index < -0.39 is 28.1 Å². The SMILES string of the molecule is O=S([O-])c1ccccc1OC(F)(F)F.[Na+]. The zero-order chi connectivity index (χ0) is 10.8. The molecular weight excluding hydrogens is 244 g/mol. The second kappa shape index (κ2) is 5.86. The summed E-state index contributed by atoms with van der Waals surface area (Å²) in [5.41, 5.74) is 0. The number of rotatable bonds is 2. The van der Waals surface area contributed by atoms with E-state index in [2.05, 4.69) is 4.74 Å². The van der Waals surface area contributed by atoms with Gasteiger partial charge in [0.1, 0.15) is 5.75 Å². The molecule has 0 spiro atoms. The van der Waals surface area contributed by atoms with Crippen LogP contribution in [0.5, 0.6) is 5.75 Å². The smallest absolute Gasteiger partial charge is 0.768 e. The molecule has 0 aromatic heterocycles. The van der Waals surface area contributed by atoms with E-state index in [-0.39, 0.29) is 29.6 Å². The van der Waals surface area contributed by atoms with Crippen molar-refractivity contribution in [2.45, 2.75) is 11.3 Å². The van der Waals surface area contributed by atoms with E-state index in [1.54, 1.807) is 0 Å². The Bertz CT molecular complexity index is 356. The van der Waals surface area contributed by atoms with Gasteiger partial charge in [-0.15, -0.1) is 13.2 Å². The van der Waals surface area contributed by atoms with Gasteiger partial charge in [0.05, 0.1) is 4.90 Å². The van der Waals surface area contributed by atoms with Gasteiger partial charge in [0, 0.05) is 0 Å². The number of halogens is 3. The molecule has 1 rings (SSSR count). The van der Waals surface area contributed by atoms with Gasteiger partial charge in [-0.3, -0.25) is 4.21 Å². The minimum absolute atomic E-state index is 0. The van der Waals surface area contributed by atoms with E-state index in [1.807, 2.05) is 0 Å². The summed E-state index contributed by atoms with van der Waals surface area (Å²) in [7, 11) is 0. The Hall–Kier alpha value is -0.0800. The number of alkyl halides is 3. The first-order valence-electron chi connectivity index (χ1n) is 3.34. The van der Waals surface area contributed by atoms with E-state index in [9.17, 15) is 21.9 Å². The number of ether oxygens (including phenoxy) is 1. The largest absolute Gasteiger partial charge is 1.00 e. The molecule has 1 aromatic rings. The van der Waals surface area contributed by atoms with Gasteiger partial charge in [-0.2, -0.15) is 0 Å². The van der Waals surface area contributed by atoms with Crippen molar-refractivity contribution in [2.75, 3.05) is 0 Å². The molecule has 0 radical (unpaired) electrons. The maximum atomic E-state index is 11.8. The summed E-state index contributed by atoms with van der Waals surface area (Å²) >= 11 is -2.75. The third kappa shape index (κ3) is 4.98. The van der Waals surface area contributed by atoms with Crippen molar-refractivity contribution in [2.24, 2.45) is 0 Å². The van der Waals surface area contributed by atoms with E-state index in [4.69, 9.17) is 0 Å². The first-order chi connectivity index (χ1) is 6.40. The summed E-state index contributed by atoms with van der Waals surface area (Å²) < 4.78 is 59.7. The molecule has 15 heavy (non-hydrogen) atoms. The van der Waals surface area contributed by atoms with Crippen LogP contribution in [-0.2, 0) is 11.1 Å². The van der Waals surface area contributed by atoms with Gasteiger partial charge in [-0.25, -0.2) is 0 Å². The Balaban J connectivity index is 0.00000196. The fraction of sp³-hybridized carbons (Fsp3) is 0.143. The van der Waals surface area contributed by atoms with Crippen LogP contribution in [0.15, 0.2) is 29.2 Å². The molecule has 0 aliphatic carbocycles. The van der Waals surface area contributed by atoms with Gasteiger partial charge in [-0.05, 0) is 23.2 Å². The van der Waals surface area contributed by atoms with Crippen LogP contribution >= 0.6 is 0 Å². The summed E-state index contributed by atoms with van der Waals surface area (Å²) in [5, 5.41) is 0. The van der Waals surface area contributed by atoms with E-state index >= 15 is 0 Å². The third-order valence-electron chi connectivity index (χ3n) is 1.25. The molecule has 8 heteroatoms. The predicted molar refractivity (Wildman–Crippen MR) is 40.3 cm³/mol. The quantitative estimate of drug-likeness (QED) is 0.489. The van der Waals surface area contributed by atoms with Crippen LogP contribution in [0.25, 0.3) is 0 Å². The van der Waals surface area contributed by atoms with Gasteiger partial charge in [0.2, 0.25) is 0 Å². The minimum atomic E-state index is -4.89. The van der Waals surface area contributed by atoms with Crippen LogP contribution in [0.3, 0.4) is 0 Å². The van der Waals surface area contributed by atoms with Crippen LogP contribution in [-0.4, -0.2) is 15.1 Å². The summed E-state index contributed by atoms with van der Waals surface area (Å²) in [4.78, 5) is -0.523. The van der Waals surface area contributed by atoms with Crippen LogP contribution in [0.4, 0.5) is 13.2 Å². The van der Waals surface area contributed by atoms with Crippen LogP contribution in [0.1, 0.15) is 0 Å². The van der Waals surface area contributed by atoms with Crippen LogP contribution in [0, 0.1) is 0 Å². The second-order valence-corrected chi connectivity index (χ2v) is 3.14. The molecular formula is C7H4F3NaO3S. The van der Waals surface area contributed by atoms with Crippen molar-refractivity contribution in [3.05, 3.63) is 24.3 Å². The van der Waals surface area contributed by atoms with Crippen molar-refractivity contribution in [3.8, 4) is 5.75 Å². The van der Waals surface area contributed by atoms with Gasteiger partial charge in [0.15, 0.2) is 0 Å². The van der Waals surface area contributed by atoms with Crippen molar-refractivity contribution < 1.29 is 56.2 Å². The third-order valence-corrected chi connectivity index (χ3v) is 1.95. The van der Waals surface area contributed by atoms with Gasteiger partial charge >= 0.3 is 35.9 Å². The summed E-state index contributed by atoms with van der Waals surface area (Å²) in [6.45, 7) is 0. The fourth-order valence-electron chi connectivity index (χ4n) is 0.797. The molecule has 0 bridgehead atoms. The summed E-state index contributed by atoms with van der Waals surface area (Å²) in [6, 6.07) is 4.49. The number of para-hydroxylation sites is 1. The molecule has 0 N–H and O–H groups in total. The summed E-state index contributed by atoms with van der Waals surface area (Å²) in [6.07, 6.45) is -4.89. The van der Waals surface area contributed by atoms with E-state index in [0.29, 0.717) is 0 Å². The first-order valence-corrected chi connectivity index (χ1v) is 4.41. The maximum absolute atomic E-state index is 11.8. The Morgan fingerprint density at radius 2 is 1.80 bits per heavy atom. The van der Waals surface area contributed by atoms with Crippen molar-refractivity contribution in [1.29, 1.82) is 0 Å². The Morgan fingerprint density at radius 1 is 1.27 bits per heavy atom.